The summed E-state index contributed by atoms with van der Waals surface area (Å²) in [6, 6.07) is 6.55. The zero-order chi connectivity index (χ0) is 11.5. The van der Waals surface area contributed by atoms with Crippen molar-refractivity contribution in [3.8, 4) is 5.75 Å². The molecule has 1 aliphatic carbocycles. The lowest BCUT2D eigenvalue weighted by molar-refractivity contribution is 0.0860. The SMILES string of the molecule is CCNC1CC(Oc2ccc(C)cc2Cl)C1. The molecule has 1 aliphatic rings. The van der Waals surface area contributed by atoms with Crippen LogP contribution in [0, 0.1) is 6.92 Å². The van der Waals surface area contributed by atoms with Crippen LogP contribution in [0.1, 0.15) is 25.3 Å². The van der Waals surface area contributed by atoms with Crippen LogP contribution in [-0.4, -0.2) is 18.7 Å². The first-order valence-corrected chi connectivity index (χ1v) is 6.23. The second kappa shape index (κ2) is 5.07. The fourth-order valence-corrected chi connectivity index (χ4v) is 2.28. The third-order valence-corrected chi connectivity index (χ3v) is 3.26. The molecule has 2 nitrogen and oxygen atoms in total. The van der Waals surface area contributed by atoms with Gasteiger partial charge >= 0.3 is 0 Å². The quantitative estimate of drug-likeness (QED) is 0.872. The smallest absolute Gasteiger partial charge is 0.138 e. The van der Waals surface area contributed by atoms with Gasteiger partial charge in [-0.2, -0.15) is 0 Å². The summed E-state index contributed by atoms with van der Waals surface area (Å²) in [7, 11) is 0. The van der Waals surface area contributed by atoms with Crippen molar-refractivity contribution in [3.63, 3.8) is 0 Å². The molecule has 1 saturated carbocycles. The van der Waals surface area contributed by atoms with Crippen molar-refractivity contribution in [2.24, 2.45) is 0 Å². The third kappa shape index (κ3) is 2.69. The van der Waals surface area contributed by atoms with Gasteiger partial charge in [0.1, 0.15) is 11.9 Å². The second-order valence-corrected chi connectivity index (χ2v) is 4.81. The van der Waals surface area contributed by atoms with E-state index >= 15 is 0 Å². The summed E-state index contributed by atoms with van der Waals surface area (Å²) in [5.74, 6) is 0.812. The Kier molecular flexibility index (Phi) is 3.72. The molecule has 2 rings (SSSR count). The standard InChI is InChI=1S/C13H18ClNO/c1-3-15-10-7-11(8-10)16-13-5-4-9(2)6-12(13)14/h4-6,10-11,15H,3,7-8H2,1-2H3. The van der Waals surface area contributed by atoms with E-state index in [0.29, 0.717) is 17.2 Å². The molecule has 0 heterocycles. The van der Waals surface area contributed by atoms with Crippen molar-refractivity contribution < 1.29 is 4.74 Å². The van der Waals surface area contributed by atoms with Gasteiger partial charge in [-0.25, -0.2) is 0 Å². The summed E-state index contributed by atoms with van der Waals surface area (Å²) >= 11 is 6.11. The van der Waals surface area contributed by atoms with E-state index in [1.807, 2.05) is 25.1 Å². The number of aryl methyl sites for hydroxylation is 1. The van der Waals surface area contributed by atoms with E-state index in [4.69, 9.17) is 16.3 Å². The molecule has 1 N–H and O–H groups in total. The van der Waals surface area contributed by atoms with Crippen LogP contribution < -0.4 is 10.1 Å². The number of rotatable bonds is 4. The van der Waals surface area contributed by atoms with Crippen LogP contribution in [-0.2, 0) is 0 Å². The van der Waals surface area contributed by atoms with Gasteiger partial charge in [-0.3, -0.25) is 0 Å². The Morgan fingerprint density at radius 2 is 2.19 bits per heavy atom. The highest BCUT2D eigenvalue weighted by Gasteiger charge is 2.30. The number of nitrogens with one attached hydrogen (secondary N) is 1. The first-order valence-electron chi connectivity index (χ1n) is 5.85. The fourth-order valence-electron chi connectivity index (χ4n) is 2.00. The summed E-state index contributed by atoms with van der Waals surface area (Å²) in [5, 5.41) is 4.12. The van der Waals surface area contributed by atoms with Crippen molar-refractivity contribution >= 4 is 11.6 Å². The van der Waals surface area contributed by atoms with Gasteiger partial charge in [-0.15, -0.1) is 0 Å². The lowest BCUT2D eigenvalue weighted by Gasteiger charge is -2.36. The molecule has 16 heavy (non-hydrogen) atoms. The molecule has 0 spiro atoms. The lowest BCUT2D eigenvalue weighted by atomic mass is 9.89. The number of hydrogen-bond donors (Lipinski definition) is 1. The largest absolute Gasteiger partial charge is 0.489 e. The van der Waals surface area contributed by atoms with Crippen molar-refractivity contribution in [1.29, 1.82) is 0 Å². The number of hydrogen-bond acceptors (Lipinski definition) is 2. The van der Waals surface area contributed by atoms with Crippen LogP contribution in [0.15, 0.2) is 18.2 Å². The molecule has 1 fully saturated rings. The molecule has 88 valence electrons. The van der Waals surface area contributed by atoms with Gasteiger partial charge in [0.15, 0.2) is 0 Å². The van der Waals surface area contributed by atoms with Crippen LogP contribution in [0.3, 0.4) is 0 Å². The monoisotopic (exact) mass is 239 g/mol. The minimum atomic E-state index is 0.323. The first-order chi connectivity index (χ1) is 7.69. The Hall–Kier alpha value is -0.730. The first kappa shape index (κ1) is 11.7. The Balaban J connectivity index is 1.87. The van der Waals surface area contributed by atoms with Gasteiger partial charge in [0.2, 0.25) is 0 Å². The van der Waals surface area contributed by atoms with Crippen molar-refractivity contribution in [2.75, 3.05) is 6.54 Å². The average molecular weight is 240 g/mol. The van der Waals surface area contributed by atoms with E-state index in [0.717, 1.165) is 30.7 Å². The highest BCUT2D eigenvalue weighted by Crippen LogP contribution is 2.31. The fraction of sp³-hybridized carbons (Fsp3) is 0.538. The number of benzene rings is 1. The minimum absolute atomic E-state index is 0.323. The molecule has 0 saturated heterocycles. The Morgan fingerprint density at radius 1 is 1.44 bits per heavy atom. The molecule has 0 unspecified atom stereocenters. The zero-order valence-corrected chi connectivity index (χ0v) is 10.6. The summed E-state index contributed by atoms with van der Waals surface area (Å²) in [6.45, 7) is 5.19. The van der Waals surface area contributed by atoms with E-state index in [2.05, 4.69) is 12.2 Å². The van der Waals surface area contributed by atoms with Gasteiger partial charge in [0.25, 0.3) is 0 Å². The molecule has 1 aromatic rings. The van der Waals surface area contributed by atoms with Gasteiger partial charge < -0.3 is 10.1 Å². The zero-order valence-electron chi connectivity index (χ0n) is 9.79. The maximum absolute atomic E-state index is 6.11. The molecule has 0 bridgehead atoms. The van der Waals surface area contributed by atoms with Crippen molar-refractivity contribution in [2.45, 2.75) is 38.8 Å². The van der Waals surface area contributed by atoms with Gasteiger partial charge in [0.05, 0.1) is 5.02 Å². The molecule has 1 aromatic carbocycles. The Morgan fingerprint density at radius 3 is 2.81 bits per heavy atom. The predicted octanol–water partition coefficient (Wildman–Crippen LogP) is 3.17. The van der Waals surface area contributed by atoms with E-state index < -0.39 is 0 Å². The van der Waals surface area contributed by atoms with Crippen molar-refractivity contribution in [3.05, 3.63) is 28.8 Å². The van der Waals surface area contributed by atoms with E-state index in [1.165, 1.54) is 0 Å². The summed E-state index contributed by atoms with van der Waals surface area (Å²) < 4.78 is 5.84. The molecule has 0 aliphatic heterocycles. The summed E-state index contributed by atoms with van der Waals surface area (Å²) in [4.78, 5) is 0. The summed E-state index contributed by atoms with van der Waals surface area (Å²) in [6.07, 6.45) is 2.49. The molecular formula is C13H18ClNO. The minimum Gasteiger partial charge on any atom is -0.489 e. The van der Waals surface area contributed by atoms with E-state index in [-0.39, 0.29) is 0 Å². The summed E-state index contributed by atoms with van der Waals surface area (Å²) in [5.41, 5.74) is 1.16. The highest BCUT2D eigenvalue weighted by atomic mass is 35.5. The molecular weight excluding hydrogens is 222 g/mol. The van der Waals surface area contributed by atoms with Crippen LogP contribution >= 0.6 is 11.6 Å². The average Bonchev–Trinajstić information content (AvgIpc) is 2.18. The lowest BCUT2D eigenvalue weighted by Crippen LogP contribution is -2.46. The predicted molar refractivity (Wildman–Crippen MR) is 67.3 cm³/mol. The second-order valence-electron chi connectivity index (χ2n) is 4.40. The van der Waals surface area contributed by atoms with Crippen LogP contribution in [0.2, 0.25) is 5.02 Å². The van der Waals surface area contributed by atoms with Gasteiger partial charge in [-0.05, 0) is 44.0 Å². The van der Waals surface area contributed by atoms with Crippen molar-refractivity contribution in [1.82, 2.24) is 5.32 Å². The highest BCUT2D eigenvalue weighted by molar-refractivity contribution is 6.32. The number of halogens is 1. The normalized spacial score (nSPS) is 23.9. The van der Waals surface area contributed by atoms with Gasteiger partial charge in [-0.1, -0.05) is 24.6 Å². The maximum atomic E-state index is 6.11. The molecule has 3 heteroatoms. The topological polar surface area (TPSA) is 21.3 Å². The molecule has 0 atom stereocenters. The molecule has 0 amide bonds. The molecule has 0 radical (unpaired) electrons. The van der Waals surface area contributed by atoms with E-state index in [9.17, 15) is 0 Å². The number of ether oxygens (including phenoxy) is 1. The van der Waals surface area contributed by atoms with Crippen LogP contribution in [0.5, 0.6) is 5.75 Å². The molecule has 0 aromatic heterocycles. The maximum Gasteiger partial charge on any atom is 0.138 e. The van der Waals surface area contributed by atoms with E-state index in [1.54, 1.807) is 0 Å². The van der Waals surface area contributed by atoms with Crippen LogP contribution in [0.4, 0.5) is 0 Å². The van der Waals surface area contributed by atoms with Crippen LogP contribution in [0.25, 0.3) is 0 Å². The third-order valence-electron chi connectivity index (χ3n) is 2.97. The Bertz CT molecular complexity index is 361. The van der Waals surface area contributed by atoms with Gasteiger partial charge in [0, 0.05) is 6.04 Å². The Labute approximate surface area is 102 Å².